The first kappa shape index (κ1) is 29.0. The fourth-order valence-electron chi connectivity index (χ4n) is 4.97. The van der Waals surface area contributed by atoms with Crippen molar-refractivity contribution in [2.75, 3.05) is 26.3 Å². The second-order valence-electron chi connectivity index (χ2n) is 10.1. The lowest BCUT2D eigenvalue weighted by atomic mass is 9.93. The number of morpholine rings is 1. The Kier molecular flexibility index (Phi) is 19.2. The molecule has 0 aromatic rings. The van der Waals surface area contributed by atoms with Crippen molar-refractivity contribution >= 4 is 7.85 Å². The summed E-state index contributed by atoms with van der Waals surface area (Å²) in [5.41, 5.74) is 0. The third-order valence-electron chi connectivity index (χ3n) is 6.85. The maximum absolute atomic E-state index is 6.26. The van der Waals surface area contributed by atoms with E-state index in [-0.39, 0.29) is 6.10 Å². The van der Waals surface area contributed by atoms with Gasteiger partial charge in [0, 0.05) is 31.7 Å². The van der Waals surface area contributed by atoms with Crippen LogP contribution in [0, 0.1) is 0 Å². The van der Waals surface area contributed by atoms with E-state index in [9.17, 15) is 0 Å². The summed E-state index contributed by atoms with van der Waals surface area (Å²) in [4.78, 5) is 2.77. The molecule has 0 aliphatic carbocycles. The van der Waals surface area contributed by atoms with Gasteiger partial charge < -0.3 is 9.47 Å². The van der Waals surface area contributed by atoms with E-state index in [0.717, 1.165) is 32.3 Å². The van der Waals surface area contributed by atoms with Crippen molar-refractivity contribution in [2.45, 2.75) is 148 Å². The van der Waals surface area contributed by atoms with Gasteiger partial charge in [-0.15, -0.1) is 0 Å². The van der Waals surface area contributed by atoms with Crippen molar-refractivity contribution < 1.29 is 9.47 Å². The standard InChI is InChI=1S/C27H56BNO2/c1-4-7-10-13-16-19-25(20-17-14-11-8-5-2)29-22-26(31-27(28)23-29)24-30-21-18-15-12-9-6-3/h25-27H,4-24,28H2,1-3H3. The molecule has 0 aromatic heterocycles. The highest BCUT2D eigenvalue weighted by Gasteiger charge is 2.29. The zero-order chi connectivity index (χ0) is 22.6. The summed E-state index contributed by atoms with van der Waals surface area (Å²) >= 11 is 0. The van der Waals surface area contributed by atoms with E-state index in [0.29, 0.717) is 6.00 Å². The van der Waals surface area contributed by atoms with E-state index in [4.69, 9.17) is 9.47 Å². The highest BCUT2D eigenvalue weighted by molar-refractivity contribution is 6.11. The summed E-state index contributed by atoms with van der Waals surface area (Å²) in [7, 11) is 2.25. The first-order valence-electron chi connectivity index (χ1n) is 14.2. The summed E-state index contributed by atoms with van der Waals surface area (Å²) in [5.74, 6) is 0. The molecule has 3 nitrogen and oxygen atoms in total. The van der Waals surface area contributed by atoms with Gasteiger partial charge in [0.2, 0.25) is 0 Å². The maximum Gasteiger partial charge on any atom is 0.140 e. The topological polar surface area (TPSA) is 21.7 Å². The molecule has 1 heterocycles. The molecule has 31 heavy (non-hydrogen) atoms. The van der Waals surface area contributed by atoms with Gasteiger partial charge in [-0.2, -0.15) is 0 Å². The van der Waals surface area contributed by atoms with Crippen molar-refractivity contribution in [3.8, 4) is 0 Å². The summed E-state index contributed by atoms with van der Waals surface area (Å²) < 4.78 is 12.3. The first-order valence-corrected chi connectivity index (χ1v) is 14.2. The average molecular weight is 438 g/mol. The molecular formula is C27H56BNO2. The second kappa shape index (κ2) is 20.5. The number of rotatable bonds is 21. The van der Waals surface area contributed by atoms with E-state index < -0.39 is 0 Å². The Hall–Kier alpha value is -0.0551. The Balaban J connectivity index is 2.41. The van der Waals surface area contributed by atoms with Gasteiger partial charge in [-0.1, -0.05) is 111 Å². The van der Waals surface area contributed by atoms with Crippen molar-refractivity contribution in [3.63, 3.8) is 0 Å². The normalized spacial score (nSPS) is 20.0. The minimum atomic E-state index is 0.252. The van der Waals surface area contributed by atoms with Crippen LogP contribution < -0.4 is 0 Å². The summed E-state index contributed by atoms with van der Waals surface area (Å²) in [6, 6.07) is 1.07. The van der Waals surface area contributed by atoms with E-state index in [1.807, 2.05) is 0 Å². The number of hydrogen-bond donors (Lipinski definition) is 0. The quantitative estimate of drug-likeness (QED) is 0.147. The fraction of sp³-hybridized carbons (Fsp3) is 1.00. The zero-order valence-corrected chi connectivity index (χ0v) is 21.8. The Morgan fingerprint density at radius 2 is 1.26 bits per heavy atom. The number of unbranched alkanes of at least 4 members (excludes halogenated alkanes) is 12. The predicted octanol–water partition coefficient (Wildman–Crippen LogP) is 6.72. The summed E-state index contributed by atoms with van der Waals surface area (Å²) in [6.07, 6.45) is 23.4. The highest BCUT2D eigenvalue weighted by Crippen LogP contribution is 2.22. The lowest BCUT2D eigenvalue weighted by Crippen LogP contribution is -2.53. The first-order chi connectivity index (χ1) is 15.2. The van der Waals surface area contributed by atoms with E-state index >= 15 is 0 Å². The van der Waals surface area contributed by atoms with Crippen LogP contribution in [0.25, 0.3) is 0 Å². The number of nitrogens with zero attached hydrogens (tertiary/aromatic N) is 1. The SMILES string of the molecule is BC1CN(C(CCCCCCC)CCCCCCC)CC(COCCCCCCC)O1. The molecule has 0 aromatic carbocycles. The van der Waals surface area contributed by atoms with Gasteiger partial charge in [0.25, 0.3) is 0 Å². The third-order valence-corrected chi connectivity index (χ3v) is 6.85. The zero-order valence-electron chi connectivity index (χ0n) is 21.8. The minimum absolute atomic E-state index is 0.252. The Labute approximate surface area is 196 Å². The van der Waals surface area contributed by atoms with Crippen LogP contribution in [0.2, 0.25) is 0 Å². The van der Waals surface area contributed by atoms with Crippen LogP contribution in [0.15, 0.2) is 0 Å². The number of ether oxygens (including phenoxy) is 2. The van der Waals surface area contributed by atoms with Gasteiger partial charge in [-0.3, -0.25) is 4.90 Å². The molecule has 184 valence electrons. The fourth-order valence-corrected chi connectivity index (χ4v) is 4.97. The lowest BCUT2D eigenvalue weighted by Gasteiger charge is -2.41. The van der Waals surface area contributed by atoms with Crippen LogP contribution in [-0.4, -0.2) is 57.2 Å². The van der Waals surface area contributed by atoms with E-state index in [1.54, 1.807) is 0 Å². The van der Waals surface area contributed by atoms with Crippen molar-refractivity contribution in [3.05, 3.63) is 0 Å². The third kappa shape index (κ3) is 15.4. The van der Waals surface area contributed by atoms with Gasteiger partial charge in [-0.25, -0.2) is 0 Å². The smallest absolute Gasteiger partial charge is 0.140 e. The molecule has 2 unspecified atom stereocenters. The largest absolute Gasteiger partial charge is 0.379 e. The number of hydrogen-bond acceptors (Lipinski definition) is 3. The molecule has 4 heteroatoms. The molecule has 0 bridgehead atoms. The Bertz CT molecular complexity index is 368. The molecular weight excluding hydrogens is 381 g/mol. The van der Waals surface area contributed by atoms with E-state index in [1.165, 1.54) is 109 Å². The summed E-state index contributed by atoms with van der Waals surface area (Å²) in [6.45, 7) is 10.7. The van der Waals surface area contributed by atoms with Crippen molar-refractivity contribution in [1.29, 1.82) is 0 Å². The van der Waals surface area contributed by atoms with Crippen molar-refractivity contribution in [2.24, 2.45) is 0 Å². The molecule has 1 aliphatic heterocycles. The van der Waals surface area contributed by atoms with Gasteiger partial charge in [-0.05, 0) is 19.3 Å². The van der Waals surface area contributed by atoms with Gasteiger partial charge in [0.1, 0.15) is 7.85 Å². The van der Waals surface area contributed by atoms with Crippen LogP contribution in [-0.2, 0) is 9.47 Å². The van der Waals surface area contributed by atoms with Gasteiger partial charge >= 0.3 is 0 Å². The molecule has 0 N–H and O–H groups in total. The van der Waals surface area contributed by atoms with Crippen LogP contribution in [0.5, 0.6) is 0 Å². The average Bonchev–Trinajstić information content (AvgIpc) is 2.76. The second-order valence-corrected chi connectivity index (χ2v) is 10.1. The molecule has 0 spiro atoms. The van der Waals surface area contributed by atoms with Crippen LogP contribution >= 0.6 is 0 Å². The highest BCUT2D eigenvalue weighted by atomic mass is 16.5. The molecule has 1 rings (SSSR count). The van der Waals surface area contributed by atoms with Crippen LogP contribution in [0.1, 0.15) is 130 Å². The monoisotopic (exact) mass is 437 g/mol. The van der Waals surface area contributed by atoms with Crippen LogP contribution in [0.3, 0.4) is 0 Å². The van der Waals surface area contributed by atoms with E-state index in [2.05, 4.69) is 33.5 Å². The van der Waals surface area contributed by atoms with Crippen LogP contribution in [0.4, 0.5) is 0 Å². The van der Waals surface area contributed by atoms with Crippen molar-refractivity contribution in [1.82, 2.24) is 4.90 Å². The molecule has 0 amide bonds. The molecule has 1 fully saturated rings. The summed E-state index contributed by atoms with van der Waals surface area (Å²) in [5, 5.41) is 0. The predicted molar refractivity (Wildman–Crippen MR) is 139 cm³/mol. The van der Waals surface area contributed by atoms with Gasteiger partial charge in [0.15, 0.2) is 0 Å². The Morgan fingerprint density at radius 1 is 0.742 bits per heavy atom. The molecule has 0 saturated carbocycles. The molecule has 1 saturated heterocycles. The lowest BCUT2D eigenvalue weighted by molar-refractivity contribution is -0.0965. The molecule has 2 atom stereocenters. The minimum Gasteiger partial charge on any atom is -0.379 e. The Morgan fingerprint density at radius 3 is 1.81 bits per heavy atom. The molecule has 1 aliphatic rings. The van der Waals surface area contributed by atoms with Gasteiger partial charge in [0.05, 0.1) is 12.7 Å². The maximum atomic E-state index is 6.26. The molecule has 0 radical (unpaired) electrons.